The van der Waals surface area contributed by atoms with E-state index in [9.17, 15) is 9.59 Å². The highest BCUT2D eigenvalue weighted by atomic mass is 35.5. The maximum Gasteiger partial charge on any atom is 0.240 e. The summed E-state index contributed by atoms with van der Waals surface area (Å²) in [5.74, 6) is 0. The standard InChI is InChI=1S/C16H10Cl2N2O2/c1-10-4-12(5-11-2-3-13(17)6-14(11)18)16(20-9-22)7-15(10)19-8-21/h2-4,6-7H,5H2,1H3. The third-order valence-corrected chi connectivity index (χ3v) is 3.71. The van der Waals surface area contributed by atoms with Gasteiger partial charge in [0.2, 0.25) is 12.2 Å². The first-order chi connectivity index (χ1) is 10.5. The second kappa shape index (κ2) is 7.17. The molecule has 0 N–H and O–H groups in total. The van der Waals surface area contributed by atoms with Gasteiger partial charge in [0, 0.05) is 16.5 Å². The smallest absolute Gasteiger partial charge is 0.211 e. The number of carbonyl (C=O) groups excluding carboxylic acids is 2. The van der Waals surface area contributed by atoms with E-state index in [2.05, 4.69) is 9.98 Å². The molecule has 6 heteroatoms. The fraction of sp³-hybridized carbons (Fsp3) is 0.125. The van der Waals surface area contributed by atoms with Gasteiger partial charge in [-0.1, -0.05) is 35.3 Å². The average molecular weight is 333 g/mol. The zero-order valence-corrected chi connectivity index (χ0v) is 13.1. The zero-order valence-electron chi connectivity index (χ0n) is 11.6. The molecule has 0 saturated heterocycles. The molecule has 0 atom stereocenters. The molecule has 0 heterocycles. The Morgan fingerprint density at radius 1 is 0.955 bits per heavy atom. The van der Waals surface area contributed by atoms with Crippen molar-refractivity contribution in [1.29, 1.82) is 0 Å². The van der Waals surface area contributed by atoms with Crippen LogP contribution in [0.15, 0.2) is 40.3 Å². The number of aliphatic imine (C=N–C) groups is 2. The van der Waals surface area contributed by atoms with Gasteiger partial charge in [-0.25, -0.2) is 9.59 Å². The van der Waals surface area contributed by atoms with Crippen LogP contribution in [0.3, 0.4) is 0 Å². The third kappa shape index (κ3) is 3.70. The molecule has 0 aromatic heterocycles. The minimum Gasteiger partial charge on any atom is -0.211 e. The van der Waals surface area contributed by atoms with Crippen LogP contribution in [-0.2, 0) is 16.0 Å². The van der Waals surface area contributed by atoms with Crippen LogP contribution in [0.25, 0.3) is 0 Å². The van der Waals surface area contributed by atoms with E-state index in [0.717, 1.165) is 16.7 Å². The zero-order chi connectivity index (χ0) is 16.1. The maximum absolute atomic E-state index is 10.6. The Bertz CT molecular complexity index is 821. The molecule has 0 aliphatic carbocycles. The number of aryl methyl sites for hydroxylation is 1. The van der Waals surface area contributed by atoms with Gasteiger partial charge in [-0.3, -0.25) is 0 Å². The SMILES string of the molecule is Cc1cc(Cc2ccc(Cl)cc2Cl)c(N=C=O)cc1N=C=O. The molecule has 4 nitrogen and oxygen atoms in total. The summed E-state index contributed by atoms with van der Waals surface area (Å²) in [7, 11) is 0. The van der Waals surface area contributed by atoms with Crippen LogP contribution < -0.4 is 0 Å². The third-order valence-electron chi connectivity index (χ3n) is 3.13. The molecule has 0 bridgehead atoms. The van der Waals surface area contributed by atoms with E-state index in [1.54, 1.807) is 31.2 Å². The summed E-state index contributed by atoms with van der Waals surface area (Å²) in [6, 6.07) is 8.55. The molecule has 110 valence electrons. The van der Waals surface area contributed by atoms with Crippen LogP contribution in [0.4, 0.5) is 11.4 Å². The number of hydrogen-bond acceptors (Lipinski definition) is 4. The number of hydrogen-bond donors (Lipinski definition) is 0. The van der Waals surface area contributed by atoms with Crippen molar-refractivity contribution < 1.29 is 9.59 Å². The van der Waals surface area contributed by atoms with Crippen molar-refractivity contribution in [3.05, 3.63) is 57.1 Å². The van der Waals surface area contributed by atoms with E-state index in [-0.39, 0.29) is 0 Å². The molecule has 2 aromatic rings. The number of halogens is 2. The number of nitrogens with zero attached hydrogens (tertiary/aromatic N) is 2. The monoisotopic (exact) mass is 332 g/mol. The largest absolute Gasteiger partial charge is 0.240 e. The van der Waals surface area contributed by atoms with E-state index < -0.39 is 0 Å². The summed E-state index contributed by atoms with van der Waals surface area (Å²) >= 11 is 12.0. The molecule has 0 amide bonds. The highest BCUT2D eigenvalue weighted by Gasteiger charge is 2.10. The number of rotatable bonds is 4. The predicted molar refractivity (Wildman–Crippen MR) is 86.0 cm³/mol. The summed E-state index contributed by atoms with van der Waals surface area (Å²) in [5.41, 5.74) is 3.19. The lowest BCUT2D eigenvalue weighted by Gasteiger charge is -2.10. The van der Waals surface area contributed by atoms with Gasteiger partial charge in [-0.05, 0) is 41.8 Å². The molecule has 2 rings (SSSR count). The van der Waals surface area contributed by atoms with Gasteiger partial charge in [-0.15, -0.1) is 0 Å². The van der Waals surface area contributed by atoms with E-state index in [4.69, 9.17) is 23.2 Å². The predicted octanol–water partition coefficient (Wildman–Crippen LogP) is 4.83. The molecular formula is C16H10Cl2N2O2. The van der Waals surface area contributed by atoms with E-state index in [1.807, 2.05) is 6.07 Å². The molecule has 0 saturated carbocycles. The van der Waals surface area contributed by atoms with Gasteiger partial charge in [-0.2, -0.15) is 9.98 Å². The van der Waals surface area contributed by atoms with Crippen molar-refractivity contribution in [2.24, 2.45) is 9.98 Å². The summed E-state index contributed by atoms with van der Waals surface area (Å²) in [6.45, 7) is 1.80. The fourth-order valence-corrected chi connectivity index (χ4v) is 2.56. The second-order valence-electron chi connectivity index (χ2n) is 4.59. The summed E-state index contributed by atoms with van der Waals surface area (Å²) in [4.78, 5) is 28.3. The van der Waals surface area contributed by atoms with Crippen molar-refractivity contribution >= 4 is 46.7 Å². The van der Waals surface area contributed by atoms with Crippen molar-refractivity contribution in [2.45, 2.75) is 13.3 Å². The first-order valence-electron chi connectivity index (χ1n) is 6.28. The van der Waals surface area contributed by atoms with Gasteiger partial charge in [0.1, 0.15) is 0 Å². The lowest BCUT2D eigenvalue weighted by molar-refractivity contribution is 0.564. The Hall–Kier alpha value is -2.22. The van der Waals surface area contributed by atoms with Crippen molar-refractivity contribution in [2.75, 3.05) is 0 Å². The Morgan fingerprint density at radius 3 is 2.27 bits per heavy atom. The molecule has 0 radical (unpaired) electrons. The Morgan fingerprint density at radius 2 is 1.64 bits per heavy atom. The highest BCUT2D eigenvalue weighted by molar-refractivity contribution is 6.35. The number of benzene rings is 2. The molecular weight excluding hydrogens is 323 g/mol. The first-order valence-corrected chi connectivity index (χ1v) is 7.04. The van der Waals surface area contributed by atoms with Gasteiger partial charge in [0.05, 0.1) is 11.4 Å². The topological polar surface area (TPSA) is 58.9 Å². The van der Waals surface area contributed by atoms with E-state index in [1.165, 1.54) is 12.2 Å². The highest BCUT2D eigenvalue weighted by Crippen LogP contribution is 2.32. The molecule has 0 unspecified atom stereocenters. The van der Waals surface area contributed by atoms with Crippen LogP contribution in [-0.4, -0.2) is 12.2 Å². The van der Waals surface area contributed by atoms with Gasteiger partial charge in [0.25, 0.3) is 0 Å². The fourth-order valence-electron chi connectivity index (χ4n) is 2.08. The lowest BCUT2D eigenvalue weighted by Crippen LogP contribution is -1.92. The Labute approximate surface area is 137 Å². The molecule has 0 fully saturated rings. The minimum atomic E-state index is 0.389. The van der Waals surface area contributed by atoms with E-state index >= 15 is 0 Å². The molecule has 0 spiro atoms. The van der Waals surface area contributed by atoms with Crippen LogP contribution in [0.2, 0.25) is 10.0 Å². The number of isocyanates is 2. The van der Waals surface area contributed by atoms with Crippen LogP contribution in [0, 0.1) is 6.92 Å². The van der Waals surface area contributed by atoms with E-state index in [0.29, 0.717) is 27.8 Å². The Balaban J connectivity index is 2.51. The minimum absolute atomic E-state index is 0.389. The molecule has 0 aliphatic heterocycles. The van der Waals surface area contributed by atoms with Gasteiger partial charge in [0.15, 0.2) is 0 Å². The summed E-state index contributed by atoms with van der Waals surface area (Å²) in [6.07, 6.45) is 3.44. The van der Waals surface area contributed by atoms with Crippen LogP contribution >= 0.6 is 23.2 Å². The van der Waals surface area contributed by atoms with Gasteiger partial charge < -0.3 is 0 Å². The normalized spacial score (nSPS) is 9.77. The quantitative estimate of drug-likeness (QED) is 0.594. The van der Waals surface area contributed by atoms with Crippen LogP contribution in [0.1, 0.15) is 16.7 Å². The van der Waals surface area contributed by atoms with Crippen LogP contribution in [0.5, 0.6) is 0 Å². The first kappa shape index (κ1) is 16.2. The maximum atomic E-state index is 10.6. The van der Waals surface area contributed by atoms with Crippen molar-refractivity contribution in [3.63, 3.8) is 0 Å². The molecule has 22 heavy (non-hydrogen) atoms. The molecule has 0 aliphatic rings. The second-order valence-corrected chi connectivity index (χ2v) is 5.43. The van der Waals surface area contributed by atoms with Crippen molar-refractivity contribution in [1.82, 2.24) is 0 Å². The van der Waals surface area contributed by atoms with Gasteiger partial charge >= 0.3 is 0 Å². The Kier molecular flexibility index (Phi) is 5.26. The summed E-state index contributed by atoms with van der Waals surface area (Å²) in [5, 5.41) is 1.08. The average Bonchev–Trinajstić information content (AvgIpc) is 2.47. The van der Waals surface area contributed by atoms with Crippen molar-refractivity contribution in [3.8, 4) is 0 Å². The molecule has 2 aromatic carbocycles. The summed E-state index contributed by atoms with van der Waals surface area (Å²) < 4.78 is 0. The lowest BCUT2D eigenvalue weighted by atomic mass is 10.00.